The number of aliphatic carboxylic acids is 1. The van der Waals surface area contributed by atoms with E-state index in [1.807, 2.05) is 6.08 Å². The predicted octanol–water partition coefficient (Wildman–Crippen LogP) is 11.2. The number of carboxylic acid groups (broad SMARTS) is 1. The van der Waals surface area contributed by atoms with Crippen molar-refractivity contribution in [1.29, 1.82) is 0 Å². The van der Waals surface area contributed by atoms with Crippen LogP contribution in [0.3, 0.4) is 0 Å². The van der Waals surface area contributed by atoms with Crippen molar-refractivity contribution in [1.82, 2.24) is 0 Å². The zero-order valence-corrected chi connectivity index (χ0v) is 34.7. The third kappa shape index (κ3) is 14.5. The highest BCUT2D eigenvalue weighted by atomic mass is 35.5. The van der Waals surface area contributed by atoms with Gasteiger partial charge in [-0.15, -0.1) is 11.6 Å². The molecule has 0 heterocycles. The second-order valence-electron chi connectivity index (χ2n) is 16.5. The van der Waals surface area contributed by atoms with Gasteiger partial charge in [0.05, 0.1) is 12.2 Å². The molecule has 3 N–H and O–H groups in total. The Labute approximate surface area is 333 Å². The molecule has 0 radical (unpaired) electrons. The fourth-order valence-corrected chi connectivity index (χ4v) is 9.29. The molecule has 0 aromatic carbocycles. The summed E-state index contributed by atoms with van der Waals surface area (Å²) in [5, 5.41) is 31.5. The summed E-state index contributed by atoms with van der Waals surface area (Å²) in [4.78, 5) is 25.3. The lowest BCUT2D eigenvalue weighted by Gasteiger charge is -2.45. The molecule has 0 aliphatic heterocycles. The fraction of sp³-hybridized carbons (Fsp3) is 0.783. The minimum atomic E-state index is -1.26. The van der Waals surface area contributed by atoms with E-state index in [1.165, 1.54) is 70.6 Å². The molecule has 3 rings (SSSR count). The first-order chi connectivity index (χ1) is 26.1. The normalized spacial score (nSPS) is 27.4. The van der Waals surface area contributed by atoms with Crippen molar-refractivity contribution in [2.24, 2.45) is 23.2 Å². The van der Waals surface area contributed by atoms with E-state index in [0.29, 0.717) is 32.3 Å². The number of hydrogen-bond donors (Lipinski definition) is 3. The van der Waals surface area contributed by atoms with Crippen LogP contribution < -0.4 is 0 Å². The number of alkyl halides is 1. The molecule has 2 saturated carbocycles. The molecule has 0 amide bonds. The van der Waals surface area contributed by atoms with E-state index < -0.39 is 29.7 Å². The maximum atomic E-state index is 13.0. The molecule has 8 atom stereocenters. The summed E-state index contributed by atoms with van der Waals surface area (Å²) in [5.41, 5.74) is -1.19. The summed E-state index contributed by atoms with van der Waals surface area (Å²) in [6, 6.07) is 0. The van der Waals surface area contributed by atoms with Gasteiger partial charge in [-0.3, -0.25) is 9.59 Å². The monoisotopic (exact) mass is 775 g/mol. The van der Waals surface area contributed by atoms with Gasteiger partial charge in [-0.05, 0) is 82.1 Å². The molecule has 3 aliphatic rings. The Morgan fingerprint density at radius 2 is 1.56 bits per heavy atom. The van der Waals surface area contributed by atoms with Crippen LogP contribution in [-0.4, -0.2) is 63.2 Å². The Morgan fingerprint density at radius 3 is 2.15 bits per heavy atom. The van der Waals surface area contributed by atoms with Crippen molar-refractivity contribution in [2.45, 2.75) is 198 Å². The molecule has 3 unspecified atom stereocenters. The van der Waals surface area contributed by atoms with E-state index in [1.54, 1.807) is 31.2 Å². The number of hydrogen-bond acceptors (Lipinski definition) is 6. The molecule has 54 heavy (non-hydrogen) atoms. The molecule has 0 aromatic rings. The van der Waals surface area contributed by atoms with Crippen molar-refractivity contribution in [3.63, 3.8) is 0 Å². The van der Waals surface area contributed by atoms with Crippen LogP contribution in [0.2, 0.25) is 0 Å². The van der Waals surface area contributed by atoms with Crippen molar-refractivity contribution >= 4 is 23.5 Å². The largest absolute Gasteiger partial charge is 0.481 e. The number of aliphatic hydroxyl groups excluding tert-OH is 2. The molecule has 8 heteroatoms. The SMILES string of the molecule is CCCCCCCCCCCCCCCOC1(C(C)OC(=O)CCC/C=C\C[C@@H]2[C@@H](/C=C/C[C@H](O)C3(CC)CCC3)[C@H](O)C[C@H]2Cl)C=CC=CC1C(=O)O. The highest BCUT2D eigenvalue weighted by molar-refractivity contribution is 6.21. The van der Waals surface area contributed by atoms with Gasteiger partial charge in [0.2, 0.25) is 0 Å². The van der Waals surface area contributed by atoms with Crippen LogP contribution in [-0.2, 0) is 19.1 Å². The zero-order chi connectivity index (χ0) is 39.2. The van der Waals surface area contributed by atoms with Crippen LogP contribution >= 0.6 is 11.6 Å². The van der Waals surface area contributed by atoms with Crippen molar-refractivity contribution in [3.05, 3.63) is 48.6 Å². The third-order valence-corrected chi connectivity index (χ3v) is 13.2. The van der Waals surface area contributed by atoms with Gasteiger partial charge in [0.25, 0.3) is 0 Å². The standard InChI is InChI=1S/C46H75ClO7/c1-4-6-7-8-9-10-11-12-13-14-15-18-23-34-53-46(33-22-21-28-39(46)44(51)52)36(3)54-43(50)30-20-17-16-19-26-37-38(41(48)35-40(37)47)27-24-29-42(49)45(5-2)31-25-32-45/h16,19,21-22,24,27-28,33,36-42,48-49H,4-15,17-18,20,23,25-26,29-32,34-35H2,1-3H3,(H,51,52)/b19-16-,27-24+/t36?,37-,38-,39?,40-,41-,42+,46?/m1/s1. The van der Waals surface area contributed by atoms with Gasteiger partial charge in [0.15, 0.2) is 0 Å². The lowest BCUT2D eigenvalue weighted by atomic mass is 9.63. The number of aliphatic hydroxyl groups is 2. The minimum absolute atomic E-state index is 0.0443. The molecule has 0 bridgehead atoms. The first kappa shape index (κ1) is 46.5. The van der Waals surface area contributed by atoms with Crippen LogP contribution in [0, 0.1) is 23.2 Å². The average Bonchev–Trinajstić information content (AvgIpc) is 3.40. The summed E-state index contributed by atoms with van der Waals surface area (Å²) in [6.45, 7) is 6.56. The van der Waals surface area contributed by atoms with Crippen LogP contribution in [0.25, 0.3) is 0 Å². The van der Waals surface area contributed by atoms with Gasteiger partial charge < -0.3 is 24.8 Å². The lowest BCUT2D eigenvalue weighted by molar-refractivity contribution is -0.178. The second kappa shape index (κ2) is 25.3. The molecular formula is C46H75ClO7. The van der Waals surface area contributed by atoms with E-state index in [9.17, 15) is 24.9 Å². The van der Waals surface area contributed by atoms with Crippen molar-refractivity contribution in [2.75, 3.05) is 6.61 Å². The number of ether oxygens (including phenoxy) is 2. The highest BCUT2D eigenvalue weighted by Gasteiger charge is 2.48. The van der Waals surface area contributed by atoms with Crippen molar-refractivity contribution in [3.8, 4) is 0 Å². The first-order valence-electron chi connectivity index (χ1n) is 21.8. The minimum Gasteiger partial charge on any atom is -0.481 e. The number of unbranched alkanes of at least 4 members (excludes halogenated alkanes) is 13. The maximum absolute atomic E-state index is 13.0. The fourth-order valence-electron chi connectivity index (χ4n) is 8.84. The lowest BCUT2D eigenvalue weighted by Crippen LogP contribution is -2.53. The molecule has 7 nitrogen and oxygen atoms in total. The summed E-state index contributed by atoms with van der Waals surface area (Å²) < 4.78 is 12.2. The Hall–Kier alpha value is -1.93. The zero-order valence-electron chi connectivity index (χ0n) is 34.0. The number of carbonyl (C=O) groups excluding carboxylic acids is 1. The number of carbonyl (C=O) groups is 2. The van der Waals surface area contributed by atoms with E-state index in [0.717, 1.165) is 44.9 Å². The molecule has 0 spiro atoms. The topological polar surface area (TPSA) is 113 Å². The highest BCUT2D eigenvalue weighted by Crippen LogP contribution is 2.48. The average molecular weight is 776 g/mol. The van der Waals surface area contributed by atoms with E-state index in [2.05, 4.69) is 32.1 Å². The summed E-state index contributed by atoms with van der Waals surface area (Å²) in [5.74, 6) is -2.26. The van der Waals surface area contributed by atoms with E-state index >= 15 is 0 Å². The Morgan fingerprint density at radius 1 is 0.907 bits per heavy atom. The van der Waals surface area contributed by atoms with Crippen molar-refractivity contribution < 1.29 is 34.4 Å². The summed E-state index contributed by atoms with van der Waals surface area (Å²) in [6.07, 6.45) is 37.5. The van der Waals surface area contributed by atoms with Gasteiger partial charge in [-0.25, -0.2) is 0 Å². The molecular weight excluding hydrogens is 700 g/mol. The smallest absolute Gasteiger partial charge is 0.313 e. The Bertz CT molecular complexity index is 1190. The van der Waals surface area contributed by atoms with Crippen LogP contribution in [0.4, 0.5) is 0 Å². The molecule has 308 valence electrons. The number of esters is 1. The maximum Gasteiger partial charge on any atom is 0.313 e. The van der Waals surface area contributed by atoms with Gasteiger partial charge >= 0.3 is 11.9 Å². The quantitative estimate of drug-likeness (QED) is 0.0300. The second-order valence-corrected chi connectivity index (χ2v) is 17.1. The predicted molar refractivity (Wildman–Crippen MR) is 221 cm³/mol. The van der Waals surface area contributed by atoms with Crippen LogP contribution in [0.1, 0.15) is 168 Å². The third-order valence-electron chi connectivity index (χ3n) is 12.7. The van der Waals surface area contributed by atoms with E-state index in [-0.39, 0.29) is 41.1 Å². The summed E-state index contributed by atoms with van der Waals surface area (Å²) in [7, 11) is 0. The van der Waals surface area contributed by atoms with Gasteiger partial charge in [-0.1, -0.05) is 140 Å². The molecule has 3 aliphatic carbocycles. The summed E-state index contributed by atoms with van der Waals surface area (Å²) >= 11 is 6.67. The van der Waals surface area contributed by atoms with Gasteiger partial charge in [-0.2, -0.15) is 0 Å². The molecule has 0 aromatic heterocycles. The number of allylic oxidation sites excluding steroid dienone is 4. The molecule has 2 fully saturated rings. The van der Waals surface area contributed by atoms with Gasteiger partial charge in [0, 0.05) is 24.3 Å². The van der Waals surface area contributed by atoms with Crippen LogP contribution in [0.15, 0.2) is 48.6 Å². The first-order valence-corrected chi connectivity index (χ1v) is 22.3. The Kier molecular flexibility index (Phi) is 21.8. The van der Waals surface area contributed by atoms with Gasteiger partial charge in [0.1, 0.15) is 17.6 Å². The number of carboxylic acids is 1. The number of rotatable bonds is 29. The van der Waals surface area contributed by atoms with Crippen LogP contribution in [0.5, 0.6) is 0 Å². The number of halogens is 1. The van der Waals surface area contributed by atoms with E-state index in [4.69, 9.17) is 21.1 Å². The Balaban J connectivity index is 1.37. The molecule has 0 saturated heterocycles.